The molecule has 1 aliphatic carbocycles. The highest BCUT2D eigenvalue weighted by molar-refractivity contribution is 4.96. The van der Waals surface area contributed by atoms with Gasteiger partial charge in [0.05, 0.1) is 5.92 Å². The van der Waals surface area contributed by atoms with Gasteiger partial charge in [-0.25, -0.2) is 0 Å². The van der Waals surface area contributed by atoms with Crippen molar-refractivity contribution in [3.05, 3.63) is 0 Å². The van der Waals surface area contributed by atoms with Crippen molar-refractivity contribution in [1.82, 2.24) is 5.32 Å². The first-order chi connectivity index (χ1) is 7.98. The highest BCUT2D eigenvalue weighted by Gasteiger charge is 2.50. The summed E-state index contributed by atoms with van der Waals surface area (Å²) >= 11 is 0. The van der Waals surface area contributed by atoms with E-state index in [0.717, 1.165) is 38.8 Å². The average Bonchev–Trinajstić information content (AvgIpc) is 2.29. The predicted octanol–water partition coefficient (Wildman–Crippen LogP) is 3.74. The fourth-order valence-electron chi connectivity index (χ4n) is 3.88. The molecule has 0 amide bonds. The fraction of sp³-hybridized carbons (Fsp3) is 1.00. The molecule has 0 radical (unpaired) electrons. The lowest BCUT2D eigenvalue weighted by molar-refractivity contribution is -0.197. The van der Waals surface area contributed by atoms with Gasteiger partial charge in [0.1, 0.15) is 0 Å². The Bertz CT molecular complexity index is 260. The Labute approximate surface area is 101 Å². The third-order valence-electron chi connectivity index (χ3n) is 4.89. The van der Waals surface area contributed by atoms with Crippen molar-refractivity contribution < 1.29 is 13.2 Å². The van der Waals surface area contributed by atoms with Crippen LogP contribution in [0.3, 0.4) is 0 Å². The first kappa shape index (κ1) is 13.2. The molecule has 1 spiro atoms. The van der Waals surface area contributed by atoms with E-state index in [1.54, 1.807) is 0 Å². The zero-order chi connectivity index (χ0) is 12.5. The molecule has 2 rings (SSSR count). The van der Waals surface area contributed by atoms with Crippen molar-refractivity contribution in [3.8, 4) is 0 Å². The van der Waals surface area contributed by atoms with Gasteiger partial charge in [0.25, 0.3) is 0 Å². The Kier molecular flexibility index (Phi) is 3.71. The van der Waals surface area contributed by atoms with Crippen LogP contribution in [-0.4, -0.2) is 19.3 Å². The average molecular weight is 249 g/mol. The topological polar surface area (TPSA) is 12.0 Å². The van der Waals surface area contributed by atoms with Crippen LogP contribution in [0.2, 0.25) is 0 Å². The third-order valence-corrected chi connectivity index (χ3v) is 4.89. The summed E-state index contributed by atoms with van der Waals surface area (Å²) in [5, 5.41) is 3.33. The molecule has 4 heteroatoms. The Hall–Kier alpha value is -0.250. The normalized spacial score (nSPS) is 39.5. The summed E-state index contributed by atoms with van der Waals surface area (Å²) in [6.07, 6.45) is 0.401. The molecule has 1 heterocycles. The number of rotatable bonds is 1. The van der Waals surface area contributed by atoms with E-state index in [1.165, 1.54) is 0 Å². The van der Waals surface area contributed by atoms with Crippen molar-refractivity contribution in [2.45, 2.75) is 51.6 Å². The molecule has 1 N–H and O–H groups in total. The molecular weight excluding hydrogens is 227 g/mol. The van der Waals surface area contributed by atoms with E-state index in [9.17, 15) is 13.2 Å². The highest BCUT2D eigenvalue weighted by atomic mass is 19.4. The number of alkyl halides is 3. The second kappa shape index (κ2) is 4.79. The molecule has 2 aliphatic rings. The van der Waals surface area contributed by atoms with Crippen LogP contribution >= 0.6 is 0 Å². The van der Waals surface area contributed by atoms with Gasteiger partial charge in [0, 0.05) is 0 Å². The standard InChI is InChI=1S/C13H22F3N/c1-2-10-9-17-7-6-12(10)5-3-4-11(8-12)13(14,15)16/h10-11,17H,2-9H2,1H3. The van der Waals surface area contributed by atoms with Gasteiger partial charge in [-0.15, -0.1) is 0 Å². The number of halogens is 3. The minimum absolute atomic E-state index is 0.0293. The lowest BCUT2D eigenvalue weighted by atomic mass is 9.59. The molecule has 0 aromatic heterocycles. The predicted molar refractivity (Wildman–Crippen MR) is 61.7 cm³/mol. The third kappa shape index (κ3) is 2.61. The minimum Gasteiger partial charge on any atom is -0.316 e. The van der Waals surface area contributed by atoms with Crippen LogP contribution < -0.4 is 5.32 Å². The second-order valence-corrected chi connectivity index (χ2v) is 5.76. The van der Waals surface area contributed by atoms with Crippen molar-refractivity contribution in [2.75, 3.05) is 13.1 Å². The highest BCUT2D eigenvalue weighted by Crippen LogP contribution is 2.53. The van der Waals surface area contributed by atoms with Crippen LogP contribution in [-0.2, 0) is 0 Å². The first-order valence-electron chi connectivity index (χ1n) is 6.75. The number of hydrogen-bond acceptors (Lipinski definition) is 1. The van der Waals surface area contributed by atoms with E-state index in [4.69, 9.17) is 0 Å². The molecular formula is C13H22F3N. The summed E-state index contributed by atoms with van der Waals surface area (Å²) < 4.78 is 38.7. The van der Waals surface area contributed by atoms with Crippen molar-refractivity contribution >= 4 is 0 Å². The Balaban J connectivity index is 2.13. The summed E-state index contributed by atoms with van der Waals surface area (Å²) in [7, 11) is 0. The van der Waals surface area contributed by atoms with Crippen LogP contribution in [0.15, 0.2) is 0 Å². The molecule has 100 valence electrons. The summed E-state index contributed by atoms with van der Waals surface area (Å²) in [5.41, 5.74) is -0.0293. The fourth-order valence-corrected chi connectivity index (χ4v) is 3.88. The van der Waals surface area contributed by atoms with E-state index in [1.807, 2.05) is 0 Å². The minimum atomic E-state index is -3.99. The SMILES string of the molecule is CCC1CNCCC12CCCC(C(F)(F)F)C2. The maximum absolute atomic E-state index is 12.9. The summed E-state index contributed by atoms with van der Waals surface area (Å²) in [6, 6.07) is 0. The van der Waals surface area contributed by atoms with Gasteiger partial charge in [-0.3, -0.25) is 0 Å². The Morgan fingerprint density at radius 3 is 2.71 bits per heavy atom. The van der Waals surface area contributed by atoms with Crippen LogP contribution in [0.5, 0.6) is 0 Å². The van der Waals surface area contributed by atoms with Crippen LogP contribution in [0.4, 0.5) is 13.2 Å². The molecule has 1 saturated heterocycles. The Morgan fingerprint density at radius 2 is 2.06 bits per heavy atom. The second-order valence-electron chi connectivity index (χ2n) is 5.76. The molecule has 1 aliphatic heterocycles. The molecule has 0 bridgehead atoms. The molecule has 0 aromatic carbocycles. The van der Waals surface area contributed by atoms with Crippen molar-refractivity contribution in [2.24, 2.45) is 17.3 Å². The van der Waals surface area contributed by atoms with E-state index in [-0.39, 0.29) is 5.41 Å². The number of hydrogen-bond donors (Lipinski definition) is 1. The van der Waals surface area contributed by atoms with Crippen molar-refractivity contribution in [1.29, 1.82) is 0 Å². The number of piperidine rings is 1. The van der Waals surface area contributed by atoms with Crippen LogP contribution in [0.25, 0.3) is 0 Å². The van der Waals surface area contributed by atoms with Gasteiger partial charge in [-0.1, -0.05) is 19.8 Å². The molecule has 2 fully saturated rings. The monoisotopic (exact) mass is 249 g/mol. The van der Waals surface area contributed by atoms with E-state index in [2.05, 4.69) is 12.2 Å². The molecule has 1 nitrogen and oxygen atoms in total. The van der Waals surface area contributed by atoms with Gasteiger partial charge in [0.2, 0.25) is 0 Å². The molecule has 1 saturated carbocycles. The maximum Gasteiger partial charge on any atom is 0.391 e. The smallest absolute Gasteiger partial charge is 0.316 e. The first-order valence-corrected chi connectivity index (χ1v) is 6.75. The summed E-state index contributed by atoms with van der Waals surface area (Å²) in [5.74, 6) is -0.621. The van der Waals surface area contributed by atoms with Gasteiger partial charge in [-0.05, 0) is 50.1 Å². The lowest BCUT2D eigenvalue weighted by Crippen LogP contribution is -2.48. The van der Waals surface area contributed by atoms with E-state index >= 15 is 0 Å². The van der Waals surface area contributed by atoms with Crippen LogP contribution in [0, 0.1) is 17.3 Å². The molecule has 3 atom stereocenters. The zero-order valence-corrected chi connectivity index (χ0v) is 10.4. The zero-order valence-electron chi connectivity index (χ0n) is 10.4. The van der Waals surface area contributed by atoms with Crippen molar-refractivity contribution in [3.63, 3.8) is 0 Å². The quantitative estimate of drug-likeness (QED) is 0.746. The number of nitrogens with one attached hydrogen (secondary N) is 1. The lowest BCUT2D eigenvalue weighted by Gasteiger charge is -2.49. The van der Waals surface area contributed by atoms with Gasteiger partial charge >= 0.3 is 6.18 Å². The largest absolute Gasteiger partial charge is 0.391 e. The molecule has 0 aromatic rings. The Morgan fingerprint density at radius 1 is 1.29 bits per heavy atom. The molecule has 3 unspecified atom stereocenters. The van der Waals surface area contributed by atoms with E-state index in [0.29, 0.717) is 18.8 Å². The summed E-state index contributed by atoms with van der Waals surface area (Å²) in [4.78, 5) is 0. The van der Waals surface area contributed by atoms with Gasteiger partial charge in [0.15, 0.2) is 0 Å². The van der Waals surface area contributed by atoms with Gasteiger partial charge in [-0.2, -0.15) is 13.2 Å². The summed E-state index contributed by atoms with van der Waals surface area (Å²) in [6.45, 7) is 3.90. The van der Waals surface area contributed by atoms with Gasteiger partial charge < -0.3 is 5.32 Å². The maximum atomic E-state index is 12.9. The molecule has 17 heavy (non-hydrogen) atoms. The van der Waals surface area contributed by atoms with Crippen LogP contribution in [0.1, 0.15) is 45.4 Å². The van der Waals surface area contributed by atoms with E-state index < -0.39 is 12.1 Å².